The molecule has 10 heteroatoms. The molecule has 2 N–H and O–H groups in total. The summed E-state index contributed by atoms with van der Waals surface area (Å²) < 4.78 is 7.38. The number of aromatic nitrogens is 3. The molecular formula is C21H22ClN5O3S. The molecule has 0 radical (unpaired) electrons. The maximum atomic E-state index is 12.4. The lowest BCUT2D eigenvalue weighted by Crippen LogP contribution is -2.36. The van der Waals surface area contributed by atoms with Crippen LogP contribution in [0.3, 0.4) is 0 Å². The van der Waals surface area contributed by atoms with Gasteiger partial charge in [0.1, 0.15) is 5.75 Å². The number of morpholine rings is 1. The Balaban J connectivity index is 1.51. The van der Waals surface area contributed by atoms with E-state index in [1.807, 2.05) is 28.8 Å². The molecule has 8 nitrogen and oxygen atoms in total. The largest absolute Gasteiger partial charge is 0.506 e. The number of anilines is 1. The number of para-hydroxylation sites is 2. The Bertz CT molecular complexity index is 1040. The molecule has 0 saturated carbocycles. The number of thioether (sulfide) groups is 1. The highest BCUT2D eigenvalue weighted by Crippen LogP contribution is 2.26. The molecule has 1 aromatic heterocycles. The second-order valence-electron chi connectivity index (χ2n) is 6.95. The number of phenolic OH excluding ortho intramolecular Hbond substituents is 1. The van der Waals surface area contributed by atoms with Crippen molar-refractivity contribution in [2.45, 2.75) is 11.7 Å². The summed E-state index contributed by atoms with van der Waals surface area (Å²) in [6.45, 7) is 3.69. The first-order valence-corrected chi connectivity index (χ1v) is 11.2. The fraction of sp³-hybridized carbons (Fsp3) is 0.286. The molecule has 1 aliphatic rings. The van der Waals surface area contributed by atoms with Crippen molar-refractivity contribution in [3.8, 4) is 11.4 Å². The lowest BCUT2D eigenvalue weighted by Gasteiger charge is -2.26. The Morgan fingerprint density at radius 2 is 1.87 bits per heavy atom. The SMILES string of the molecule is O=C(CSc1nnc(CN2CCOCC2)n1-c1ccc(Cl)cc1)Nc1ccccc1O. The molecule has 1 saturated heterocycles. The van der Waals surface area contributed by atoms with Gasteiger partial charge in [-0.3, -0.25) is 14.3 Å². The summed E-state index contributed by atoms with van der Waals surface area (Å²) in [4.78, 5) is 14.7. The number of hydrogen-bond donors (Lipinski definition) is 2. The monoisotopic (exact) mass is 459 g/mol. The van der Waals surface area contributed by atoms with E-state index in [1.165, 1.54) is 17.8 Å². The lowest BCUT2D eigenvalue weighted by molar-refractivity contribution is -0.113. The first-order valence-electron chi connectivity index (χ1n) is 9.81. The van der Waals surface area contributed by atoms with Crippen molar-refractivity contribution in [3.05, 3.63) is 59.4 Å². The van der Waals surface area contributed by atoms with E-state index in [-0.39, 0.29) is 17.4 Å². The van der Waals surface area contributed by atoms with E-state index in [2.05, 4.69) is 20.4 Å². The molecular weight excluding hydrogens is 438 g/mol. The Labute approximate surface area is 189 Å². The highest BCUT2D eigenvalue weighted by Gasteiger charge is 2.20. The van der Waals surface area contributed by atoms with Crippen molar-refractivity contribution in [2.24, 2.45) is 0 Å². The molecule has 0 bridgehead atoms. The zero-order chi connectivity index (χ0) is 21.6. The predicted molar refractivity (Wildman–Crippen MR) is 120 cm³/mol. The fourth-order valence-corrected chi connectivity index (χ4v) is 4.10. The summed E-state index contributed by atoms with van der Waals surface area (Å²) in [7, 11) is 0. The minimum atomic E-state index is -0.244. The molecule has 2 aromatic carbocycles. The van der Waals surface area contributed by atoms with Gasteiger partial charge in [-0.15, -0.1) is 10.2 Å². The molecule has 1 amide bonds. The average molecular weight is 460 g/mol. The van der Waals surface area contributed by atoms with Crippen LogP contribution < -0.4 is 5.32 Å². The minimum Gasteiger partial charge on any atom is -0.506 e. The first kappa shape index (κ1) is 21.6. The highest BCUT2D eigenvalue weighted by atomic mass is 35.5. The number of benzene rings is 2. The maximum absolute atomic E-state index is 12.4. The third-order valence-corrected chi connectivity index (χ3v) is 5.95. The van der Waals surface area contributed by atoms with E-state index >= 15 is 0 Å². The van der Waals surface area contributed by atoms with Gasteiger partial charge in [-0.1, -0.05) is 35.5 Å². The van der Waals surface area contributed by atoms with Crippen LogP contribution in [0.1, 0.15) is 5.82 Å². The number of ether oxygens (including phenoxy) is 1. The molecule has 162 valence electrons. The number of nitrogens with one attached hydrogen (secondary N) is 1. The van der Waals surface area contributed by atoms with Crippen LogP contribution in [0.5, 0.6) is 5.75 Å². The number of carbonyl (C=O) groups excluding carboxylic acids is 1. The molecule has 1 fully saturated rings. The summed E-state index contributed by atoms with van der Waals surface area (Å²) in [6.07, 6.45) is 0. The van der Waals surface area contributed by atoms with E-state index in [4.69, 9.17) is 16.3 Å². The van der Waals surface area contributed by atoms with Gasteiger partial charge in [-0.05, 0) is 36.4 Å². The van der Waals surface area contributed by atoms with Crippen LogP contribution in [0.2, 0.25) is 5.02 Å². The van der Waals surface area contributed by atoms with E-state index in [9.17, 15) is 9.90 Å². The Hall–Kier alpha value is -2.59. The van der Waals surface area contributed by atoms with Crippen LogP contribution in [0.4, 0.5) is 5.69 Å². The number of amides is 1. The molecule has 0 atom stereocenters. The summed E-state index contributed by atoms with van der Waals surface area (Å²) in [5, 5.41) is 22.5. The van der Waals surface area contributed by atoms with Crippen molar-refractivity contribution in [2.75, 3.05) is 37.4 Å². The summed E-state index contributed by atoms with van der Waals surface area (Å²) in [5.41, 5.74) is 1.25. The van der Waals surface area contributed by atoms with Gasteiger partial charge in [0.15, 0.2) is 11.0 Å². The van der Waals surface area contributed by atoms with Crippen molar-refractivity contribution in [1.82, 2.24) is 19.7 Å². The number of phenols is 1. The third kappa shape index (κ3) is 5.56. The Kier molecular flexibility index (Phi) is 7.08. The van der Waals surface area contributed by atoms with Crippen molar-refractivity contribution < 1.29 is 14.6 Å². The molecule has 0 aliphatic carbocycles. The zero-order valence-corrected chi connectivity index (χ0v) is 18.3. The number of hydrogen-bond acceptors (Lipinski definition) is 7. The molecule has 31 heavy (non-hydrogen) atoms. The van der Waals surface area contributed by atoms with Crippen LogP contribution >= 0.6 is 23.4 Å². The van der Waals surface area contributed by atoms with Gasteiger partial charge in [-0.2, -0.15) is 0 Å². The molecule has 4 rings (SSSR count). The third-order valence-electron chi connectivity index (χ3n) is 4.76. The Morgan fingerprint density at radius 3 is 2.61 bits per heavy atom. The minimum absolute atomic E-state index is 0.0259. The summed E-state index contributed by atoms with van der Waals surface area (Å²) in [5.74, 6) is 0.690. The lowest BCUT2D eigenvalue weighted by atomic mass is 10.3. The van der Waals surface area contributed by atoms with Gasteiger partial charge >= 0.3 is 0 Å². The number of aromatic hydroxyl groups is 1. The summed E-state index contributed by atoms with van der Waals surface area (Å²) in [6, 6.07) is 14.1. The van der Waals surface area contributed by atoms with Gasteiger partial charge in [0.2, 0.25) is 5.91 Å². The highest BCUT2D eigenvalue weighted by molar-refractivity contribution is 7.99. The second-order valence-corrected chi connectivity index (χ2v) is 8.33. The number of nitrogens with zero attached hydrogens (tertiary/aromatic N) is 4. The van der Waals surface area contributed by atoms with Gasteiger partial charge in [0.05, 0.1) is 31.2 Å². The van der Waals surface area contributed by atoms with Crippen LogP contribution in [-0.2, 0) is 16.1 Å². The molecule has 2 heterocycles. The molecule has 1 aliphatic heterocycles. The van der Waals surface area contributed by atoms with Crippen LogP contribution in [0.15, 0.2) is 53.7 Å². The van der Waals surface area contributed by atoms with E-state index in [0.29, 0.717) is 35.6 Å². The van der Waals surface area contributed by atoms with Gasteiger partial charge < -0.3 is 15.2 Å². The van der Waals surface area contributed by atoms with Gasteiger partial charge in [0.25, 0.3) is 0 Å². The fourth-order valence-electron chi connectivity index (χ4n) is 3.20. The van der Waals surface area contributed by atoms with Crippen molar-refractivity contribution in [3.63, 3.8) is 0 Å². The van der Waals surface area contributed by atoms with Crippen molar-refractivity contribution in [1.29, 1.82) is 0 Å². The normalized spacial score (nSPS) is 14.5. The maximum Gasteiger partial charge on any atom is 0.234 e. The topological polar surface area (TPSA) is 92.5 Å². The smallest absolute Gasteiger partial charge is 0.234 e. The standard InChI is InChI=1S/C21H22ClN5O3S/c22-15-5-7-16(8-6-15)27-19(13-26-9-11-30-12-10-26)24-25-21(27)31-14-20(29)23-17-3-1-2-4-18(17)28/h1-8,28H,9-14H2,(H,23,29). The average Bonchev–Trinajstić information content (AvgIpc) is 3.17. The van der Waals surface area contributed by atoms with E-state index in [1.54, 1.807) is 18.2 Å². The summed E-state index contributed by atoms with van der Waals surface area (Å²) >= 11 is 7.34. The van der Waals surface area contributed by atoms with Crippen LogP contribution in [-0.4, -0.2) is 62.7 Å². The van der Waals surface area contributed by atoms with Crippen LogP contribution in [0, 0.1) is 0 Å². The quantitative estimate of drug-likeness (QED) is 0.414. The molecule has 0 spiro atoms. The molecule has 0 unspecified atom stereocenters. The number of carbonyl (C=O) groups is 1. The van der Waals surface area contributed by atoms with Gasteiger partial charge in [-0.25, -0.2) is 0 Å². The number of rotatable bonds is 7. The predicted octanol–water partition coefficient (Wildman–Crippen LogP) is 3.19. The van der Waals surface area contributed by atoms with Gasteiger partial charge in [0, 0.05) is 23.8 Å². The Morgan fingerprint density at radius 1 is 1.13 bits per heavy atom. The number of halogens is 1. The van der Waals surface area contributed by atoms with Crippen LogP contribution in [0.25, 0.3) is 5.69 Å². The second kappa shape index (κ2) is 10.1. The molecule has 3 aromatic rings. The zero-order valence-electron chi connectivity index (χ0n) is 16.7. The van der Waals surface area contributed by atoms with Crippen molar-refractivity contribution >= 4 is 35.0 Å². The first-order chi connectivity index (χ1) is 15.1. The van der Waals surface area contributed by atoms with E-state index < -0.39 is 0 Å². The van der Waals surface area contributed by atoms with E-state index in [0.717, 1.165) is 24.6 Å².